The van der Waals surface area contributed by atoms with Gasteiger partial charge in [-0.2, -0.15) is 0 Å². The van der Waals surface area contributed by atoms with E-state index in [1.165, 1.54) is 17.5 Å². The predicted molar refractivity (Wildman–Crippen MR) is 54.0 cm³/mol. The van der Waals surface area contributed by atoms with E-state index in [9.17, 15) is 0 Å². The maximum atomic E-state index is 5.55. The van der Waals surface area contributed by atoms with Crippen molar-refractivity contribution in [3.05, 3.63) is 35.4 Å². The number of benzene rings is 1. The summed E-state index contributed by atoms with van der Waals surface area (Å²) in [6.45, 7) is 5.16. The van der Waals surface area contributed by atoms with E-state index in [1.807, 2.05) is 0 Å². The molecule has 1 saturated heterocycles. The van der Waals surface area contributed by atoms with Crippen LogP contribution in [0.15, 0.2) is 24.3 Å². The standard InChI is InChI=1S/C12H16O/c1-9-3-5-11(6-4-9)12-7-10(2)13-8-12/h3-6,10,12H,7-8H2,1-2H3/t10-,12+/m0/s1. The van der Waals surface area contributed by atoms with Crippen LogP contribution in [0.3, 0.4) is 0 Å². The summed E-state index contributed by atoms with van der Waals surface area (Å²) in [6.07, 6.45) is 1.61. The summed E-state index contributed by atoms with van der Waals surface area (Å²) in [6, 6.07) is 8.80. The van der Waals surface area contributed by atoms with Crippen molar-refractivity contribution < 1.29 is 4.74 Å². The van der Waals surface area contributed by atoms with E-state index in [0.29, 0.717) is 12.0 Å². The van der Waals surface area contributed by atoms with Gasteiger partial charge in [0, 0.05) is 5.92 Å². The summed E-state index contributed by atoms with van der Waals surface area (Å²) < 4.78 is 5.55. The first-order valence-electron chi connectivity index (χ1n) is 4.94. The van der Waals surface area contributed by atoms with Crippen molar-refractivity contribution in [2.75, 3.05) is 6.61 Å². The fraction of sp³-hybridized carbons (Fsp3) is 0.500. The Kier molecular flexibility index (Phi) is 2.36. The zero-order chi connectivity index (χ0) is 9.26. The van der Waals surface area contributed by atoms with Crippen LogP contribution < -0.4 is 0 Å². The van der Waals surface area contributed by atoms with E-state index in [-0.39, 0.29) is 0 Å². The monoisotopic (exact) mass is 176 g/mol. The molecule has 0 N–H and O–H groups in total. The third-order valence-corrected chi connectivity index (χ3v) is 2.75. The van der Waals surface area contributed by atoms with Crippen LogP contribution in [0.2, 0.25) is 0 Å². The molecule has 0 spiro atoms. The van der Waals surface area contributed by atoms with E-state index in [4.69, 9.17) is 4.74 Å². The van der Waals surface area contributed by atoms with Gasteiger partial charge in [-0.15, -0.1) is 0 Å². The van der Waals surface area contributed by atoms with Crippen LogP contribution in [-0.4, -0.2) is 12.7 Å². The van der Waals surface area contributed by atoms with E-state index in [2.05, 4.69) is 38.1 Å². The third-order valence-electron chi connectivity index (χ3n) is 2.75. The molecule has 0 saturated carbocycles. The molecule has 1 heteroatoms. The maximum Gasteiger partial charge on any atom is 0.0554 e. The second-order valence-corrected chi connectivity index (χ2v) is 3.99. The summed E-state index contributed by atoms with van der Waals surface area (Å²) in [5.41, 5.74) is 2.76. The molecule has 0 unspecified atom stereocenters. The molecule has 70 valence electrons. The average molecular weight is 176 g/mol. The van der Waals surface area contributed by atoms with Gasteiger partial charge in [-0.3, -0.25) is 0 Å². The van der Waals surface area contributed by atoms with Crippen molar-refractivity contribution >= 4 is 0 Å². The zero-order valence-electron chi connectivity index (χ0n) is 8.29. The fourth-order valence-corrected chi connectivity index (χ4v) is 1.89. The second-order valence-electron chi connectivity index (χ2n) is 3.99. The lowest BCUT2D eigenvalue weighted by Gasteiger charge is -2.07. The minimum absolute atomic E-state index is 0.436. The molecule has 1 fully saturated rings. The van der Waals surface area contributed by atoms with E-state index in [1.54, 1.807) is 0 Å². The van der Waals surface area contributed by atoms with Crippen molar-refractivity contribution in [2.45, 2.75) is 32.3 Å². The highest BCUT2D eigenvalue weighted by Crippen LogP contribution is 2.28. The Morgan fingerprint density at radius 2 is 1.92 bits per heavy atom. The second kappa shape index (κ2) is 3.51. The Labute approximate surface area is 79.7 Å². The lowest BCUT2D eigenvalue weighted by atomic mass is 9.96. The minimum atomic E-state index is 0.436. The topological polar surface area (TPSA) is 9.23 Å². The molecule has 0 aliphatic carbocycles. The molecule has 1 heterocycles. The summed E-state index contributed by atoms with van der Waals surface area (Å²) in [4.78, 5) is 0. The summed E-state index contributed by atoms with van der Waals surface area (Å²) in [7, 11) is 0. The number of rotatable bonds is 1. The number of aryl methyl sites for hydroxylation is 1. The van der Waals surface area contributed by atoms with Gasteiger partial charge in [-0.1, -0.05) is 29.8 Å². The highest BCUT2D eigenvalue weighted by Gasteiger charge is 2.22. The number of hydrogen-bond donors (Lipinski definition) is 0. The Hall–Kier alpha value is -0.820. The van der Waals surface area contributed by atoms with Crippen LogP contribution >= 0.6 is 0 Å². The van der Waals surface area contributed by atoms with Crippen LogP contribution in [0.5, 0.6) is 0 Å². The predicted octanol–water partition coefficient (Wildman–Crippen LogP) is 2.89. The Balaban J connectivity index is 2.13. The molecule has 1 nitrogen and oxygen atoms in total. The average Bonchev–Trinajstić information content (AvgIpc) is 2.53. The lowest BCUT2D eigenvalue weighted by molar-refractivity contribution is 0.123. The van der Waals surface area contributed by atoms with Gasteiger partial charge in [0.1, 0.15) is 0 Å². The van der Waals surface area contributed by atoms with Crippen molar-refractivity contribution in [3.63, 3.8) is 0 Å². The number of ether oxygens (including phenoxy) is 1. The largest absolute Gasteiger partial charge is 0.378 e. The molecule has 13 heavy (non-hydrogen) atoms. The summed E-state index contributed by atoms with van der Waals surface area (Å²) >= 11 is 0. The first-order valence-corrected chi connectivity index (χ1v) is 4.94. The molecule has 2 atom stereocenters. The van der Waals surface area contributed by atoms with Gasteiger partial charge < -0.3 is 4.74 Å². The molecule has 1 aliphatic heterocycles. The van der Waals surface area contributed by atoms with Gasteiger partial charge >= 0.3 is 0 Å². The van der Waals surface area contributed by atoms with Gasteiger partial charge in [0.15, 0.2) is 0 Å². The first-order chi connectivity index (χ1) is 6.25. The highest BCUT2D eigenvalue weighted by molar-refractivity contribution is 5.25. The molecule has 2 rings (SSSR count). The van der Waals surface area contributed by atoms with Gasteiger partial charge in [0.25, 0.3) is 0 Å². The normalized spacial score (nSPS) is 27.8. The van der Waals surface area contributed by atoms with Crippen LogP contribution in [-0.2, 0) is 4.74 Å². The first kappa shape index (κ1) is 8.76. The van der Waals surface area contributed by atoms with Crippen LogP contribution in [0.25, 0.3) is 0 Å². The molecule has 0 aromatic heterocycles. The van der Waals surface area contributed by atoms with Gasteiger partial charge in [0.2, 0.25) is 0 Å². The maximum absolute atomic E-state index is 5.55. The zero-order valence-corrected chi connectivity index (χ0v) is 8.29. The van der Waals surface area contributed by atoms with Gasteiger partial charge in [-0.05, 0) is 25.8 Å². The summed E-state index contributed by atoms with van der Waals surface area (Å²) in [5.74, 6) is 0.621. The Morgan fingerprint density at radius 1 is 1.23 bits per heavy atom. The molecule has 0 radical (unpaired) electrons. The van der Waals surface area contributed by atoms with E-state index in [0.717, 1.165) is 6.61 Å². The van der Waals surface area contributed by atoms with Crippen LogP contribution in [0.4, 0.5) is 0 Å². The molecule has 0 amide bonds. The fourth-order valence-electron chi connectivity index (χ4n) is 1.89. The molecule has 0 bridgehead atoms. The molecular weight excluding hydrogens is 160 g/mol. The molecule has 1 aromatic rings. The highest BCUT2D eigenvalue weighted by atomic mass is 16.5. The quantitative estimate of drug-likeness (QED) is 0.639. The molecule has 1 aromatic carbocycles. The van der Waals surface area contributed by atoms with Crippen LogP contribution in [0, 0.1) is 6.92 Å². The summed E-state index contributed by atoms with van der Waals surface area (Å²) in [5, 5.41) is 0. The third kappa shape index (κ3) is 1.92. The Morgan fingerprint density at radius 3 is 2.46 bits per heavy atom. The van der Waals surface area contributed by atoms with Crippen molar-refractivity contribution in [3.8, 4) is 0 Å². The Bertz CT molecular complexity index is 276. The van der Waals surface area contributed by atoms with Crippen molar-refractivity contribution in [1.29, 1.82) is 0 Å². The van der Waals surface area contributed by atoms with Crippen LogP contribution in [0.1, 0.15) is 30.4 Å². The lowest BCUT2D eigenvalue weighted by Crippen LogP contribution is -1.97. The smallest absolute Gasteiger partial charge is 0.0554 e. The van der Waals surface area contributed by atoms with E-state index >= 15 is 0 Å². The molecule has 1 aliphatic rings. The van der Waals surface area contributed by atoms with Crippen molar-refractivity contribution in [1.82, 2.24) is 0 Å². The molecular formula is C12H16O. The van der Waals surface area contributed by atoms with Gasteiger partial charge in [0.05, 0.1) is 12.7 Å². The SMILES string of the molecule is Cc1ccc([C@H]2CO[C@@H](C)C2)cc1. The van der Waals surface area contributed by atoms with Crippen molar-refractivity contribution in [2.24, 2.45) is 0 Å². The number of hydrogen-bond acceptors (Lipinski definition) is 1. The van der Waals surface area contributed by atoms with E-state index < -0.39 is 0 Å². The minimum Gasteiger partial charge on any atom is -0.378 e. The van der Waals surface area contributed by atoms with Gasteiger partial charge in [-0.25, -0.2) is 0 Å².